The molecule has 0 saturated carbocycles. The molecule has 27 heavy (non-hydrogen) atoms. The molecule has 0 heterocycles. The lowest BCUT2D eigenvalue weighted by molar-refractivity contribution is -0.385. The number of hydrogen-bond donors (Lipinski definition) is 0. The Morgan fingerprint density at radius 1 is 1.15 bits per heavy atom. The van der Waals surface area contributed by atoms with Gasteiger partial charge in [-0.15, -0.1) is 0 Å². The maximum absolute atomic E-state index is 11.4. The fraction of sp³-hybridized carbons (Fsp3) is 0.316. The Morgan fingerprint density at radius 2 is 1.78 bits per heavy atom. The van der Waals surface area contributed by atoms with Crippen molar-refractivity contribution in [1.82, 2.24) is 0 Å². The SMILES string of the molecule is CC(=O)Oc1c(C)cc(Oc2c(Br)cc([N+](=O)[O-])c(C)c2Br)cc1C(C)C. The monoisotopic (exact) mass is 499 g/mol. The van der Waals surface area contributed by atoms with Gasteiger partial charge in [-0.3, -0.25) is 14.9 Å². The van der Waals surface area contributed by atoms with Crippen LogP contribution in [0, 0.1) is 24.0 Å². The first kappa shape index (κ1) is 21.4. The second-order valence-electron chi connectivity index (χ2n) is 6.41. The lowest BCUT2D eigenvalue weighted by Gasteiger charge is -2.18. The van der Waals surface area contributed by atoms with Crippen molar-refractivity contribution in [3.8, 4) is 17.2 Å². The number of benzene rings is 2. The fourth-order valence-corrected chi connectivity index (χ4v) is 3.88. The summed E-state index contributed by atoms with van der Waals surface area (Å²) in [4.78, 5) is 22.1. The van der Waals surface area contributed by atoms with E-state index >= 15 is 0 Å². The summed E-state index contributed by atoms with van der Waals surface area (Å²) in [5.74, 6) is 1.23. The van der Waals surface area contributed by atoms with Crippen molar-refractivity contribution in [1.29, 1.82) is 0 Å². The molecule has 0 spiro atoms. The summed E-state index contributed by atoms with van der Waals surface area (Å²) in [5, 5.41) is 11.2. The molecule has 0 saturated heterocycles. The Balaban J connectivity index is 2.54. The molecule has 0 N–H and O–H groups in total. The highest BCUT2D eigenvalue weighted by molar-refractivity contribution is 9.11. The second-order valence-corrected chi connectivity index (χ2v) is 8.06. The highest BCUT2D eigenvalue weighted by atomic mass is 79.9. The lowest BCUT2D eigenvalue weighted by Crippen LogP contribution is -2.07. The van der Waals surface area contributed by atoms with Crippen molar-refractivity contribution < 1.29 is 19.2 Å². The highest BCUT2D eigenvalue weighted by Crippen LogP contribution is 2.44. The van der Waals surface area contributed by atoms with Crippen molar-refractivity contribution in [2.45, 2.75) is 40.5 Å². The third kappa shape index (κ3) is 4.68. The minimum atomic E-state index is -0.441. The standard InChI is InChI=1S/C19H19Br2NO5/c1-9(2)14-7-13(6-10(3)18(14)26-12(5)23)27-19-15(20)8-16(22(24)25)11(4)17(19)21/h6-9H,1-5H3. The van der Waals surface area contributed by atoms with Gasteiger partial charge in [-0.1, -0.05) is 13.8 Å². The molecule has 0 aromatic heterocycles. The zero-order chi connectivity index (χ0) is 20.5. The van der Waals surface area contributed by atoms with E-state index in [1.54, 1.807) is 13.0 Å². The van der Waals surface area contributed by atoms with Gasteiger partial charge < -0.3 is 9.47 Å². The van der Waals surface area contributed by atoms with Crippen molar-refractivity contribution in [3.63, 3.8) is 0 Å². The molecule has 0 bridgehead atoms. The van der Waals surface area contributed by atoms with Gasteiger partial charge in [0, 0.05) is 24.1 Å². The third-order valence-corrected chi connectivity index (χ3v) is 5.50. The van der Waals surface area contributed by atoms with Crippen LogP contribution in [-0.4, -0.2) is 10.9 Å². The first-order chi connectivity index (χ1) is 12.5. The number of ether oxygens (including phenoxy) is 2. The van der Waals surface area contributed by atoms with E-state index in [-0.39, 0.29) is 17.6 Å². The predicted octanol–water partition coefficient (Wildman–Crippen LogP) is 6.58. The number of nitrogens with zero attached hydrogens (tertiary/aromatic N) is 1. The minimum absolute atomic E-state index is 0.00893. The number of carbonyl (C=O) groups is 1. The summed E-state index contributed by atoms with van der Waals surface area (Å²) in [6, 6.07) is 4.99. The van der Waals surface area contributed by atoms with Gasteiger partial charge in [0.1, 0.15) is 11.5 Å². The molecule has 0 aliphatic carbocycles. The summed E-state index contributed by atoms with van der Waals surface area (Å²) in [7, 11) is 0. The molecule has 2 rings (SSSR count). The zero-order valence-corrected chi connectivity index (χ0v) is 18.7. The Hall–Kier alpha value is -1.93. The average molecular weight is 501 g/mol. The fourth-order valence-electron chi connectivity index (χ4n) is 2.62. The van der Waals surface area contributed by atoms with E-state index in [1.807, 2.05) is 26.8 Å². The molecule has 0 amide bonds. The van der Waals surface area contributed by atoms with Gasteiger partial charge in [-0.25, -0.2) is 0 Å². The Bertz CT molecular complexity index is 925. The highest BCUT2D eigenvalue weighted by Gasteiger charge is 2.22. The molecule has 2 aromatic rings. The Morgan fingerprint density at radius 3 is 2.30 bits per heavy atom. The molecular weight excluding hydrogens is 482 g/mol. The van der Waals surface area contributed by atoms with Crippen LogP contribution in [0.1, 0.15) is 43.4 Å². The molecule has 6 nitrogen and oxygen atoms in total. The first-order valence-electron chi connectivity index (χ1n) is 8.16. The van der Waals surface area contributed by atoms with Crippen LogP contribution in [0.2, 0.25) is 0 Å². The number of hydrogen-bond acceptors (Lipinski definition) is 5. The minimum Gasteiger partial charge on any atom is -0.455 e. The number of esters is 1. The summed E-state index contributed by atoms with van der Waals surface area (Å²) < 4.78 is 12.3. The summed E-state index contributed by atoms with van der Waals surface area (Å²) in [5.41, 5.74) is 2.06. The zero-order valence-electron chi connectivity index (χ0n) is 15.6. The molecule has 0 aliphatic heterocycles. The molecule has 8 heteroatoms. The van der Waals surface area contributed by atoms with E-state index in [4.69, 9.17) is 9.47 Å². The van der Waals surface area contributed by atoms with Crippen LogP contribution in [0.4, 0.5) is 5.69 Å². The number of aryl methyl sites for hydroxylation is 1. The molecule has 144 valence electrons. The van der Waals surface area contributed by atoms with Crippen molar-refractivity contribution >= 4 is 43.5 Å². The number of halogens is 2. The topological polar surface area (TPSA) is 78.7 Å². The smallest absolute Gasteiger partial charge is 0.308 e. The van der Waals surface area contributed by atoms with Gasteiger partial charge in [0.05, 0.1) is 13.9 Å². The van der Waals surface area contributed by atoms with Crippen molar-refractivity contribution in [2.24, 2.45) is 0 Å². The van der Waals surface area contributed by atoms with E-state index in [1.165, 1.54) is 13.0 Å². The molecular formula is C19H19Br2NO5. The van der Waals surface area contributed by atoms with Crippen LogP contribution in [0.25, 0.3) is 0 Å². The Kier molecular flexibility index (Phi) is 6.64. The van der Waals surface area contributed by atoms with Crippen LogP contribution in [0.5, 0.6) is 17.2 Å². The van der Waals surface area contributed by atoms with Crippen LogP contribution >= 0.6 is 31.9 Å². The average Bonchev–Trinajstić information content (AvgIpc) is 2.56. The van der Waals surface area contributed by atoms with E-state index in [0.29, 0.717) is 31.8 Å². The number of nitro groups is 1. The maximum atomic E-state index is 11.4. The van der Waals surface area contributed by atoms with Gasteiger partial charge in [-0.2, -0.15) is 0 Å². The van der Waals surface area contributed by atoms with Gasteiger partial charge in [0.25, 0.3) is 5.69 Å². The molecule has 2 aromatic carbocycles. The maximum Gasteiger partial charge on any atom is 0.308 e. The lowest BCUT2D eigenvalue weighted by atomic mass is 9.99. The second kappa shape index (κ2) is 8.39. The van der Waals surface area contributed by atoms with Crippen LogP contribution < -0.4 is 9.47 Å². The van der Waals surface area contributed by atoms with Gasteiger partial charge in [-0.05, 0) is 69.3 Å². The van der Waals surface area contributed by atoms with E-state index in [9.17, 15) is 14.9 Å². The van der Waals surface area contributed by atoms with Crippen LogP contribution in [0.3, 0.4) is 0 Å². The third-order valence-electron chi connectivity index (χ3n) is 3.95. The molecule has 0 unspecified atom stereocenters. The van der Waals surface area contributed by atoms with Gasteiger partial charge in [0.15, 0.2) is 5.75 Å². The van der Waals surface area contributed by atoms with E-state index in [2.05, 4.69) is 31.9 Å². The summed E-state index contributed by atoms with van der Waals surface area (Å²) in [6.45, 7) is 8.83. The molecule has 0 fully saturated rings. The number of carbonyl (C=O) groups excluding carboxylic acids is 1. The molecule has 0 radical (unpaired) electrons. The van der Waals surface area contributed by atoms with E-state index < -0.39 is 4.92 Å². The Labute approximate surface area is 174 Å². The quantitative estimate of drug-likeness (QED) is 0.200. The summed E-state index contributed by atoms with van der Waals surface area (Å²) >= 11 is 6.73. The number of rotatable bonds is 5. The largest absolute Gasteiger partial charge is 0.455 e. The molecule has 0 atom stereocenters. The summed E-state index contributed by atoms with van der Waals surface area (Å²) in [6.07, 6.45) is 0. The first-order valence-corrected chi connectivity index (χ1v) is 9.75. The predicted molar refractivity (Wildman–Crippen MR) is 110 cm³/mol. The van der Waals surface area contributed by atoms with Crippen molar-refractivity contribution in [2.75, 3.05) is 0 Å². The van der Waals surface area contributed by atoms with Crippen molar-refractivity contribution in [3.05, 3.63) is 53.9 Å². The number of nitro benzene ring substituents is 1. The van der Waals surface area contributed by atoms with Gasteiger partial charge in [0.2, 0.25) is 0 Å². The molecule has 0 aliphatic rings. The van der Waals surface area contributed by atoms with E-state index in [0.717, 1.165) is 11.1 Å². The van der Waals surface area contributed by atoms with Gasteiger partial charge >= 0.3 is 5.97 Å². The van der Waals surface area contributed by atoms with Crippen LogP contribution in [-0.2, 0) is 4.79 Å². The normalized spacial score (nSPS) is 10.8. The van der Waals surface area contributed by atoms with Crippen LogP contribution in [0.15, 0.2) is 27.1 Å².